The summed E-state index contributed by atoms with van der Waals surface area (Å²) in [5.41, 5.74) is 1.96. The Morgan fingerprint density at radius 2 is 2.00 bits per heavy atom. The van der Waals surface area contributed by atoms with Gasteiger partial charge in [-0.1, -0.05) is 29.0 Å². The maximum absolute atomic E-state index is 12.6. The van der Waals surface area contributed by atoms with Gasteiger partial charge < -0.3 is 14.0 Å². The van der Waals surface area contributed by atoms with Gasteiger partial charge in [-0.05, 0) is 42.8 Å². The van der Waals surface area contributed by atoms with Crippen LogP contribution in [0.1, 0.15) is 15.9 Å². The molecule has 1 amide bonds. The molecule has 0 radical (unpaired) electrons. The number of carbonyl (C=O) groups is 2. The molecule has 140 valence electrons. The number of methoxy groups -OCH3 is 2. The molecule has 3 aromatic rings. The molecule has 0 fully saturated rings. The summed E-state index contributed by atoms with van der Waals surface area (Å²) in [6, 6.07) is 10.4. The van der Waals surface area contributed by atoms with Crippen LogP contribution < -0.4 is 9.54 Å². The summed E-state index contributed by atoms with van der Waals surface area (Å²) < 4.78 is 12.5. The predicted octanol–water partition coefficient (Wildman–Crippen LogP) is 3.59. The number of aryl methyl sites for hydroxylation is 1. The number of thiazole rings is 1. The van der Waals surface area contributed by atoms with Crippen LogP contribution in [0.4, 0.5) is 0 Å². The zero-order valence-electron chi connectivity index (χ0n) is 15.0. The number of amides is 1. The van der Waals surface area contributed by atoms with Gasteiger partial charge in [0.2, 0.25) is 0 Å². The normalized spacial score (nSPS) is 11.6. The van der Waals surface area contributed by atoms with Crippen LogP contribution in [-0.2, 0) is 16.1 Å². The molecule has 1 heterocycles. The number of nitrogens with zero attached hydrogens (tertiary/aromatic N) is 2. The summed E-state index contributed by atoms with van der Waals surface area (Å²) in [4.78, 5) is 29.2. The maximum Gasteiger partial charge on any atom is 0.325 e. The second kappa shape index (κ2) is 7.94. The van der Waals surface area contributed by atoms with Crippen LogP contribution in [0.3, 0.4) is 0 Å². The zero-order chi connectivity index (χ0) is 19.6. The Morgan fingerprint density at radius 3 is 2.70 bits per heavy atom. The first-order chi connectivity index (χ1) is 12.9. The number of hydrogen-bond donors (Lipinski definition) is 0. The van der Waals surface area contributed by atoms with Gasteiger partial charge in [0.15, 0.2) is 4.80 Å². The van der Waals surface area contributed by atoms with E-state index in [2.05, 4.69) is 4.99 Å². The number of hydrogen-bond acceptors (Lipinski definition) is 5. The molecule has 0 unspecified atom stereocenters. The van der Waals surface area contributed by atoms with E-state index < -0.39 is 11.9 Å². The van der Waals surface area contributed by atoms with Crippen LogP contribution in [0, 0.1) is 6.92 Å². The van der Waals surface area contributed by atoms with Crippen molar-refractivity contribution in [3.63, 3.8) is 0 Å². The summed E-state index contributed by atoms with van der Waals surface area (Å²) in [6.07, 6.45) is 0. The molecular formula is C19H17ClN2O4S. The van der Waals surface area contributed by atoms with Gasteiger partial charge in [0.25, 0.3) is 5.91 Å². The van der Waals surface area contributed by atoms with E-state index in [4.69, 9.17) is 21.1 Å². The zero-order valence-corrected chi connectivity index (χ0v) is 16.6. The number of esters is 1. The van der Waals surface area contributed by atoms with E-state index in [9.17, 15) is 9.59 Å². The number of rotatable bonds is 4. The molecule has 0 saturated heterocycles. The van der Waals surface area contributed by atoms with Crippen LogP contribution in [0.25, 0.3) is 10.2 Å². The molecule has 0 aliphatic heterocycles. The van der Waals surface area contributed by atoms with Gasteiger partial charge in [0.1, 0.15) is 12.3 Å². The van der Waals surface area contributed by atoms with E-state index in [1.165, 1.54) is 25.6 Å². The average molecular weight is 405 g/mol. The second-order valence-electron chi connectivity index (χ2n) is 5.71. The fourth-order valence-corrected chi connectivity index (χ4v) is 3.89. The lowest BCUT2D eigenvalue weighted by Crippen LogP contribution is -2.22. The largest absolute Gasteiger partial charge is 0.497 e. The summed E-state index contributed by atoms with van der Waals surface area (Å²) >= 11 is 7.55. The van der Waals surface area contributed by atoms with Crippen molar-refractivity contribution in [2.24, 2.45) is 4.99 Å². The number of aromatic nitrogens is 1. The minimum atomic E-state index is -0.440. The molecule has 0 atom stereocenters. The molecule has 6 nitrogen and oxygen atoms in total. The molecule has 0 bridgehead atoms. The number of carbonyl (C=O) groups excluding carboxylic acids is 2. The van der Waals surface area contributed by atoms with Crippen molar-refractivity contribution in [1.82, 2.24) is 4.57 Å². The Morgan fingerprint density at radius 1 is 1.22 bits per heavy atom. The highest BCUT2D eigenvalue weighted by Crippen LogP contribution is 2.27. The van der Waals surface area contributed by atoms with Gasteiger partial charge >= 0.3 is 5.97 Å². The summed E-state index contributed by atoms with van der Waals surface area (Å²) in [6.45, 7) is 1.79. The van der Waals surface area contributed by atoms with Crippen molar-refractivity contribution in [2.75, 3.05) is 14.2 Å². The van der Waals surface area contributed by atoms with Gasteiger partial charge in [-0.2, -0.15) is 4.99 Å². The van der Waals surface area contributed by atoms with E-state index in [0.717, 1.165) is 15.8 Å². The Balaban J connectivity index is 2.18. The fraction of sp³-hybridized carbons (Fsp3) is 0.211. The highest BCUT2D eigenvalue weighted by Gasteiger charge is 2.15. The molecule has 1 aromatic heterocycles. The molecule has 3 rings (SSSR count). The van der Waals surface area contributed by atoms with Crippen molar-refractivity contribution < 1.29 is 19.1 Å². The lowest BCUT2D eigenvalue weighted by Gasteiger charge is -2.07. The van der Waals surface area contributed by atoms with Gasteiger partial charge in [-0.25, -0.2) is 0 Å². The maximum atomic E-state index is 12.6. The van der Waals surface area contributed by atoms with E-state index in [-0.39, 0.29) is 6.54 Å². The number of halogens is 1. The molecule has 8 heteroatoms. The molecule has 0 saturated carbocycles. The van der Waals surface area contributed by atoms with Crippen molar-refractivity contribution >= 4 is 45.0 Å². The third-order valence-electron chi connectivity index (χ3n) is 4.06. The van der Waals surface area contributed by atoms with Crippen LogP contribution >= 0.6 is 22.9 Å². The third-order valence-corrected chi connectivity index (χ3v) is 5.51. The SMILES string of the molecule is COC(=O)Cn1c(=NC(=O)c2cccc(OC)c2)sc2ccc(Cl)c(C)c21. The highest BCUT2D eigenvalue weighted by atomic mass is 35.5. The predicted molar refractivity (Wildman–Crippen MR) is 104 cm³/mol. The van der Waals surface area contributed by atoms with Crippen molar-refractivity contribution in [3.05, 3.63) is 57.3 Å². The van der Waals surface area contributed by atoms with Gasteiger partial charge in [-0.3, -0.25) is 9.59 Å². The second-order valence-corrected chi connectivity index (χ2v) is 7.13. The molecular weight excluding hydrogens is 388 g/mol. The van der Waals surface area contributed by atoms with Gasteiger partial charge in [-0.15, -0.1) is 0 Å². The first kappa shape index (κ1) is 19.1. The lowest BCUT2D eigenvalue weighted by atomic mass is 10.2. The van der Waals surface area contributed by atoms with Crippen LogP contribution in [0.2, 0.25) is 5.02 Å². The molecule has 27 heavy (non-hydrogen) atoms. The Kier molecular flexibility index (Phi) is 5.62. The van der Waals surface area contributed by atoms with E-state index in [1.54, 1.807) is 34.9 Å². The van der Waals surface area contributed by atoms with E-state index in [1.807, 2.05) is 13.0 Å². The minimum absolute atomic E-state index is 0.0676. The molecule has 2 aromatic carbocycles. The highest BCUT2D eigenvalue weighted by molar-refractivity contribution is 7.16. The molecule has 0 aliphatic carbocycles. The first-order valence-electron chi connectivity index (χ1n) is 8.03. The number of benzene rings is 2. The summed E-state index contributed by atoms with van der Waals surface area (Å²) in [7, 11) is 2.85. The smallest absolute Gasteiger partial charge is 0.325 e. The Bertz CT molecular complexity index is 1100. The molecule has 0 aliphatic rings. The lowest BCUT2D eigenvalue weighted by molar-refractivity contribution is -0.141. The Labute approximate surface area is 164 Å². The Hall–Kier alpha value is -2.64. The van der Waals surface area contributed by atoms with Crippen LogP contribution in [0.5, 0.6) is 5.75 Å². The average Bonchev–Trinajstić information content (AvgIpc) is 3.02. The standard InChI is InChI=1S/C19H17ClN2O4S/c1-11-14(20)7-8-15-17(11)22(10-16(23)26-3)19(27-15)21-18(24)12-5-4-6-13(9-12)25-2/h4-9H,10H2,1-3H3. The topological polar surface area (TPSA) is 69.9 Å². The summed E-state index contributed by atoms with van der Waals surface area (Å²) in [5, 5.41) is 0.574. The quantitative estimate of drug-likeness (QED) is 0.623. The van der Waals surface area contributed by atoms with Crippen LogP contribution in [0.15, 0.2) is 41.4 Å². The number of fused-ring (bicyclic) bond motifs is 1. The third kappa shape index (κ3) is 3.89. The summed E-state index contributed by atoms with van der Waals surface area (Å²) in [5.74, 6) is -0.301. The van der Waals surface area contributed by atoms with Crippen molar-refractivity contribution in [3.8, 4) is 5.75 Å². The van der Waals surface area contributed by atoms with Crippen molar-refractivity contribution in [2.45, 2.75) is 13.5 Å². The van der Waals surface area contributed by atoms with Gasteiger partial charge in [0, 0.05) is 10.6 Å². The van der Waals surface area contributed by atoms with E-state index in [0.29, 0.717) is 21.1 Å². The van der Waals surface area contributed by atoms with Crippen molar-refractivity contribution in [1.29, 1.82) is 0 Å². The van der Waals surface area contributed by atoms with E-state index >= 15 is 0 Å². The first-order valence-corrected chi connectivity index (χ1v) is 9.22. The van der Waals surface area contributed by atoms with Crippen LogP contribution in [-0.4, -0.2) is 30.7 Å². The number of ether oxygens (including phenoxy) is 2. The minimum Gasteiger partial charge on any atom is -0.497 e. The fourth-order valence-electron chi connectivity index (χ4n) is 2.65. The van der Waals surface area contributed by atoms with Gasteiger partial charge in [0.05, 0.1) is 24.4 Å². The molecule has 0 spiro atoms. The monoisotopic (exact) mass is 404 g/mol. The molecule has 0 N–H and O–H groups in total.